The molecule has 0 spiro atoms. The van der Waals surface area contributed by atoms with Crippen molar-refractivity contribution in [1.29, 1.82) is 0 Å². The summed E-state index contributed by atoms with van der Waals surface area (Å²) < 4.78 is 0. The Bertz CT molecular complexity index is 441. The fourth-order valence-electron chi connectivity index (χ4n) is 2.97. The fraction of sp³-hybridized carbons (Fsp3) is 0.667. The van der Waals surface area contributed by atoms with Crippen molar-refractivity contribution < 1.29 is 24.9 Å². The van der Waals surface area contributed by atoms with Gasteiger partial charge in [-0.15, -0.1) is 0 Å². The summed E-state index contributed by atoms with van der Waals surface area (Å²) in [5, 5.41) is 28.6. The number of allylic oxidation sites excluding steroid dienone is 1. The van der Waals surface area contributed by atoms with Crippen molar-refractivity contribution in [2.45, 2.75) is 64.1 Å². The Labute approximate surface area is 137 Å². The Hall–Kier alpha value is -1.46. The van der Waals surface area contributed by atoms with E-state index in [1.54, 1.807) is 12.2 Å². The largest absolute Gasteiger partial charge is 0.481 e. The van der Waals surface area contributed by atoms with Crippen LogP contribution in [0.4, 0.5) is 0 Å². The molecule has 0 aliphatic heterocycles. The summed E-state index contributed by atoms with van der Waals surface area (Å²) in [7, 11) is 0. The van der Waals surface area contributed by atoms with E-state index in [0.29, 0.717) is 25.7 Å². The number of aliphatic hydroxyl groups is 2. The molecule has 0 aromatic rings. The molecular formula is C18H28O5. The topological polar surface area (TPSA) is 94.8 Å². The zero-order chi connectivity index (χ0) is 17.2. The van der Waals surface area contributed by atoms with E-state index in [2.05, 4.69) is 0 Å². The average Bonchev–Trinajstić information content (AvgIpc) is 2.75. The molecular weight excluding hydrogens is 296 g/mol. The zero-order valence-corrected chi connectivity index (χ0v) is 13.7. The second-order valence-corrected chi connectivity index (χ2v) is 6.13. The van der Waals surface area contributed by atoms with Gasteiger partial charge in [0.15, 0.2) is 0 Å². The van der Waals surface area contributed by atoms with Gasteiger partial charge in [-0.1, -0.05) is 37.6 Å². The van der Waals surface area contributed by atoms with Crippen LogP contribution in [0.1, 0.15) is 51.9 Å². The van der Waals surface area contributed by atoms with Crippen LogP contribution in [0, 0.1) is 11.8 Å². The molecule has 0 saturated heterocycles. The zero-order valence-electron chi connectivity index (χ0n) is 13.7. The summed E-state index contributed by atoms with van der Waals surface area (Å²) in [4.78, 5) is 22.5. The van der Waals surface area contributed by atoms with Gasteiger partial charge in [0.25, 0.3) is 0 Å². The van der Waals surface area contributed by atoms with Gasteiger partial charge in [0.2, 0.25) is 0 Å². The standard InChI is InChI=1S/C18H28O5/c1-2-3-4-7-13(19)10-11-15-14(16(20)12-17(15)21)8-5-6-9-18(22)23/h3-4,10-11,13-15,17,19,21H,2,5-9,12H2,1H3,(H,22,23)/b4-3-,11-10+/t13-,14-,15+,17+/m1/s1. The van der Waals surface area contributed by atoms with Gasteiger partial charge in [0.05, 0.1) is 12.2 Å². The molecule has 5 heteroatoms. The number of rotatable bonds is 10. The predicted octanol–water partition coefficient (Wildman–Crippen LogP) is 2.47. The van der Waals surface area contributed by atoms with E-state index < -0.39 is 18.2 Å². The first-order valence-electron chi connectivity index (χ1n) is 8.39. The molecule has 1 aliphatic rings. The number of carbonyl (C=O) groups is 2. The van der Waals surface area contributed by atoms with Crippen LogP contribution in [0.2, 0.25) is 0 Å². The first kappa shape index (κ1) is 19.6. The summed E-state index contributed by atoms with van der Waals surface area (Å²) in [5.41, 5.74) is 0. The third-order valence-electron chi connectivity index (χ3n) is 4.22. The Balaban J connectivity index is 2.53. The quantitative estimate of drug-likeness (QED) is 0.424. The van der Waals surface area contributed by atoms with E-state index >= 15 is 0 Å². The van der Waals surface area contributed by atoms with Gasteiger partial charge >= 0.3 is 5.97 Å². The van der Waals surface area contributed by atoms with Crippen molar-refractivity contribution in [3.63, 3.8) is 0 Å². The number of ketones is 1. The van der Waals surface area contributed by atoms with Gasteiger partial charge in [-0.05, 0) is 25.7 Å². The SMILES string of the molecule is CC/C=C\C[C@@H](O)/C=C/[C@@H]1[C@@H](O)CC(=O)[C@@H]1CCCCC(=O)O. The van der Waals surface area contributed by atoms with Gasteiger partial charge in [-0.3, -0.25) is 9.59 Å². The molecule has 3 N–H and O–H groups in total. The van der Waals surface area contributed by atoms with Crippen molar-refractivity contribution in [1.82, 2.24) is 0 Å². The molecule has 130 valence electrons. The average molecular weight is 324 g/mol. The lowest BCUT2D eigenvalue weighted by atomic mass is 9.88. The van der Waals surface area contributed by atoms with E-state index in [9.17, 15) is 19.8 Å². The molecule has 0 aromatic carbocycles. The van der Waals surface area contributed by atoms with Gasteiger partial charge in [0, 0.05) is 24.7 Å². The van der Waals surface area contributed by atoms with Crippen molar-refractivity contribution in [2.24, 2.45) is 11.8 Å². The number of hydrogen-bond acceptors (Lipinski definition) is 4. The molecule has 5 nitrogen and oxygen atoms in total. The van der Waals surface area contributed by atoms with E-state index in [1.807, 2.05) is 19.1 Å². The predicted molar refractivity (Wildman–Crippen MR) is 87.9 cm³/mol. The van der Waals surface area contributed by atoms with Crippen LogP contribution in [0.25, 0.3) is 0 Å². The van der Waals surface area contributed by atoms with E-state index in [4.69, 9.17) is 5.11 Å². The molecule has 1 rings (SSSR count). The minimum atomic E-state index is -0.831. The lowest BCUT2D eigenvalue weighted by Gasteiger charge is -2.17. The van der Waals surface area contributed by atoms with Gasteiger partial charge in [-0.2, -0.15) is 0 Å². The Kier molecular flexibility index (Phi) is 8.81. The van der Waals surface area contributed by atoms with Crippen molar-refractivity contribution in [2.75, 3.05) is 0 Å². The number of carboxylic acids is 1. The maximum absolute atomic E-state index is 12.0. The highest BCUT2D eigenvalue weighted by Gasteiger charge is 2.39. The van der Waals surface area contributed by atoms with Crippen molar-refractivity contribution in [3.05, 3.63) is 24.3 Å². The third kappa shape index (κ3) is 7.10. The van der Waals surface area contributed by atoms with Gasteiger partial charge in [0.1, 0.15) is 5.78 Å². The molecule has 0 bridgehead atoms. The normalized spacial score (nSPS) is 26.4. The van der Waals surface area contributed by atoms with E-state index in [0.717, 1.165) is 6.42 Å². The van der Waals surface area contributed by atoms with Crippen LogP contribution in [0.3, 0.4) is 0 Å². The van der Waals surface area contributed by atoms with Crippen molar-refractivity contribution in [3.8, 4) is 0 Å². The van der Waals surface area contributed by atoms with Crippen LogP contribution < -0.4 is 0 Å². The molecule has 0 radical (unpaired) electrons. The minimum Gasteiger partial charge on any atom is -0.481 e. The number of unbranched alkanes of at least 4 members (excludes halogenated alkanes) is 1. The van der Waals surface area contributed by atoms with Crippen molar-refractivity contribution >= 4 is 11.8 Å². The number of aliphatic carboxylic acids is 1. The molecule has 0 heterocycles. The smallest absolute Gasteiger partial charge is 0.303 e. The summed E-state index contributed by atoms with van der Waals surface area (Å²) >= 11 is 0. The Morgan fingerprint density at radius 2 is 2.09 bits per heavy atom. The highest BCUT2D eigenvalue weighted by atomic mass is 16.4. The number of hydrogen-bond donors (Lipinski definition) is 3. The number of aliphatic hydroxyl groups excluding tert-OH is 2. The summed E-state index contributed by atoms with van der Waals surface area (Å²) in [5.74, 6) is -1.35. The number of Topliss-reactive ketones (excluding diaryl/α,β-unsaturated/α-hetero) is 1. The van der Waals surface area contributed by atoms with Crippen LogP contribution in [0.15, 0.2) is 24.3 Å². The highest BCUT2D eigenvalue weighted by Crippen LogP contribution is 2.34. The van der Waals surface area contributed by atoms with Crippen LogP contribution in [-0.4, -0.2) is 39.3 Å². The lowest BCUT2D eigenvalue weighted by Crippen LogP contribution is -2.19. The molecule has 1 aliphatic carbocycles. The summed E-state index contributed by atoms with van der Waals surface area (Å²) in [6, 6.07) is 0. The second-order valence-electron chi connectivity index (χ2n) is 6.13. The highest BCUT2D eigenvalue weighted by molar-refractivity contribution is 5.84. The molecule has 23 heavy (non-hydrogen) atoms. The molecule has 1 saturated carbocycles. The van der Waals surface area contributed by atoms with E-state index in [-0.39, 0.29) is 30.5 Å². The Morgan fingerprint density at radius 3 is 2.74 bits per heavy atom. The first-order chi connectivity index (χ1) is 11.0. The van der Waals surface area contributed by atoms with Gasteiger partial charge < -0.3 is 15.3 Å². The minimum absolute atomic E-state index is 0.0304. The molecule has 4 atom stereocenters. The first-order valence-corrected chi connectivity index (χ1v) is 8.39. The van der Waals surface area contributed by atoms with Gasteiger partial charge in [-0.25, -0.2) is 0 Å². The Morgan fingerprint density at radius 1 is 1.35 bits per heavy atom. The molecule has 0 amide bonds. The number of carboxylic acid groups (broad SMARTS) is 1. The summed E-state index contributed by atoms with van der Waals surface area (Å²) in [6.07, 6.45) is 9.44. The molecule has 1 fully saturated rings. The second kappa shape index (κ2) is 10.3. The van der Waals surface area contributed by atoms with Crippen LogP contribution >= 0.6 is 0 Å². The maximum atomic E-state index is 12.0. The lowest BCUT2D eigenvalue weighted by molar-refractivity contribution is -0.137. The number of carbonyl (C=O) groups excluding carboxylic acids is 1. The monoisotopic (exact) mass is 324 g/mol. The third-order valence-corrected chi connectivity index (χ3v) is 4.22. The van der Waals surface area contributed by atoms with E-state index in [1.165, 1.54) is 0 Å². The maximum Gasteiger partial charge on any atom is 0.303 e. The van der Waals surface area contributed by atoms with Crippen LogP contribution in [-0.2, 0) is 9.59 Å². The summed E-state index contributed by atoms with van der Waals surface area (Å²) in [6.45, 7) is 2.02. The molecule has 0 aromatic heterocycles. The van der Waals surface area contributed by atoms with Crippen LogP contribution in [0.5, 0.6) is 0 Å². The molecule has 0 unspecified atom stereocenters. The fourth-order valence-corrected chi connectivity index (χ4v) is 2.97.